The molecule has 3 N–H and O–H groups in total. The molecule has 0 aliphatic carbocycles. The van der Waals surface area contributed by atoms with Crippen molar-refractivity contribution in [1.29, 1.82) is 0 Å². The van der Waals surface area contributed by atoms with Gasteiger partial charge in [-0.3, -0.25) is 33.8 Å². The predicted molar refractivity (Wildman–Crippen MR) is 131 cm³/mol. The normalized spacial score (nSPS) is 25.3. The summed E-state index contributed by atoms with van der Waals surface area (Å²) < 4.78 is 10.5. The number of rotatable bonds is 7. The first kappa shape index (κ1) is 27.0. The van der Waals surface area contributed by atoms with E-state index in [9.17, 15) is 28.8 Å². The fourth-order valence-electron chi connectivity index (χ4n) is 4.84. The van der Waals surface area contributed by atoms with Crippen molar-refractivity contribution >= 4 is 41.2 Å². The molecule has 0 bridgehead atoms. The van der Waals surface area contributed by atoms with Crippen LogP contribution in [0, 0.1) is 0 Å². The van der Waals surface area contributed by atoms with Gasteiger partial charge in [-0.15, -0.1) is 0 Å². The van der Waals surface area contributed by atoms with Gasteiger partial charge >= 0.3 is 5.97 Å². The lowest BCUT2D eigenvalue weighted by Crippen LogP contribution is -2.64. The van der Waals surface area contributed by atoms with Gasteiger partial charge in [0.25, 0.3) is 11.8 Å². The van der Waals surface area contributed by atoms with Crippen molar-refractivity contribution in [3.8, 4) is 0 Å². The molecule has 38 heavy (non-hydrogen) atoms. The molecule has 3 aliphatic heterocycles. The van der Waals surface area contributed by atoms with Crippen LogP contribution < -0.4 is 16.0 Å². The Morgan fingerprint density at radius 2 is 1.92 bits per heavy atom. The molecule has 1 aromatic rings. The van der Waals surface area contributed by atoms with Gasteiger partial charge in [-0.2, -0.15) is 0 Å². The standard InChI is InChI=1S/C25H31N5O8/c1-3-37-25-18(13-21(33)38-25)28-23(35)19-8-5-11-29-20(32)10-9-17(24(36)30(19)29)27-22(34)15-6-4-7-16(12-15)26-14(2)31/h4,6-7,12,17-19,25H,3,5,8-11,13H2,1-2H3,(H,26,31)(H,27,34)(H,28,35)/t17-,18-,19-,25+/m0/s1. The molecule has 0 unspecified atom stereocenters. The molecule has 3 heterocycles. The molecule has 3 fully saturated rings. The molecule has 0 aromatic heterocycles. The lowest BCUT2D eigenvalue weighted by Gasteiger charge is -2.43. The van der Waals surface area contributed by atoms with Gasteiger partial charge in [-0.25, -0.2) is 5.01 Å². The van der Waals surface area contributed by atoms with Crippen molar-refractivity contribution in [2.24, 2.45) is 0 Å². The van der Waals surface area contributed by atoms with Crippen LogP contribution in [0.1, 0.15) is 56.3 Å². The second kappa shape index (κ2) is 11.6. The van der Waals surface area contributed by atoms with E-state index in [1.165, 1.54) is 24.1 Å². The Balaban J connectivity index is 1.51. The first-order valence-corrected chi connectivity index (χ1v) is 12.6. The molecule has 13 nitrogen and oxygen atoms in total. The van der Waals surface area contributed by atoms with Crippen molar-refractivity contribution in [1.82, 2.24) is 20.7 Å². The number of benzene rings is 1. The Labute approximate surface area is 219 Å². The molecule has 0 radical (unpaired) electrons. The molecule has 3 saturated heterocycles. The zero-order valence-corrected chi connectivity index (χ0v) is 21.2. The van der Waals surface area contributed by atoms with Gasteiger partial charge in [0.1, 0.15) is 18.1 Å². The van der Waals surface area contributed by atoms with Gasteiger partial charge < -0.3 is 25.4 Å². The number of nitrogens with zero attached hydrogens (tertiary/aromatic N) is 2. The fraction of sp³-hybridized carbons (Fsp3) is 0.520. The van der Waals surface area contributed by atoms with Crippen LogP contribution in [0.25, 0.3) is 0 Å². The number of esters is 1. The van der Waals surface area contributed by atoms with Gasteiger partial charge in [-0.05, 0) is 44.4 Å². The molecule has 13 heteroatoms. The van der Waals surface area contributed by atoms with Crippen LogP contribution in [0.3, 0.4) is 0 Å². The Bertz CT molecular complexity index is 1140. The number of cyclic esters (lactones) is 1. The zero-order valence-electron chi connectivity index (χ0n) is 21.2. The maximum Gasteiger partial charge on any atom is 0.310 e. The lowest BCUT2D eigenvalue weighted by molar-refractivity contribution is -0.177. The number of hydrazine groups is 1. The molecular formula is C25H31N5O8. The number of anilines is 1. The highest BCUT2D eigenvalue weighted by Gasteiger charge is 2.46. The third-order valence-electron chi connectivity index (χ3n) is 6.54. The third kappa shape index (κ3) is 5.93. The van der Waals surface area contributed by atoms with Gasteiger partial charge in [-0.1, -0.05) is 6.07 Å². The summed E-state index contributed by atoms with van der Waals surface area (Å²) in [6, 6.07) is 3.44. The maximum atomic E-state index is 13.7. The summed E-state index contributed by atoms with van der Waals surface area (Å²) in [6.07, 6.45) is -0.149. The minimum atomic E-state index is -1.05. The number of hydrogen-bond acceptors (Lipinski definition) is 8. The summed E-state index contributed by atoms with van der Waals surface area (Å²) in [6.45, 7) is 3.62. The van der Waals surface area contributed by atoms with Gasteiger partial charge in [0, 0.05) is 37.7 Å². The van der Waals surface area contributed by atoms with Crippen molar-refractivity contribution in [2.75, 3.05) is 18.5 Å². The van der Waals surface area contributed by atoms with Crippen LogP contribution in [0.5, 0.6) is 0 Å². The van der Waals surface area contributed by atoms with E-state index in [-0.39, 0.29) is 49.8 Å². The average molecular weight is 530 g/mol. The average Bonchev–Trinajstić information content (AvgIpc) is 3.17. The highest BCUT2D eigenvalue weighted by molar-refractivity contribution is 6.01. The summed E-state index contributed by atoms with van der Waals surface area (Å²) in [5.41, 5.74) is 0.642. The van der Waals surface area contributed by atoms with Gasteiger partial charge in [0.05, 0.1) is 6.42 Å². The Morgan fingerprint density at radius 3 is 2.66 bits per heavy atom. The smallest absolute Gasteiger partial charge is 0.310 e. The summed E-state index contributed by atoms with van der Waals surface area (Å²) in [7, 11) is 0. The number of carbonyl (C=O) groups is 6. The van der Waals surface area contributed by atoms with E-state index in [0.717, 1.165) is 5.01 Å². The van der Waals surface area contributed by atoms with Gasteiger partial charge in [0.15, 0.2) is 0 Å². The molecule has 1 aromatic carbocycles. The minimum absolute atomic E-state index is 0.00480. The van der Waals surface area contributed by atoms with Crippen LogP contribution >= 0.6 is 0 Å². The quantitative estimate of drug-likeness (QED) is 0.418. The second-order valence-corrected chi connectivity index (χ2v) is 9.32. The molecule has 4 rings (SSSR count). The largest absolute Gasteiger partial charge is 0.433 e. The summed E-state index contributed by atoms with van der Waals surface area (Å²) in [5, 5.41) is 10.4. The Hall–Kier alpha value is -4.00. The predicted octanol–water partition coefficient (Wildman–Crippen LogP) is 0.0661. The molecule has 4 atom stereocenters. The number of ether oxygens (including phenoxy) is 2. The van der Waals surface area contributed by atoms with E-state index in [1.54, 1.807) is 19.1 Å². The first-order chi connectivity index (χ1) is 18.2. The maximum absolute atomic E-state index is 13.7. The summed E-state index contributed by atoms with van der Waals surface area (Å²) >= 11 is 0. The van der Waals surface area contributed by atoms with Gasteiger partial charge in [0.2, 0.25) is 24.0 Å². The number of carbonyl (C=O) groups excluding carboxylic acids is 6. The first-order valence-electron chi connectivity index (χ1n) is 12.6. The van der Waals surface area contributed by atoms with Crippen LogP contribution in [0.2, 0.25) is 0 Å². The van der Waals surface area contributed by atoms with E-state index in [2.05, 4.69) is 16.0 Å². The second-order valence-electron chi connectivity index (χ2n) is 9.32. The van der Waals surface area contributed by atoms with Crippen molar-refractivity contribution in [2.45, 2.75) is 70.4 Å². The zero-order chi connectivity index (χ0) is 27.4. The fourth-order valence-corrected chi connectivity index (χ4v) is 4.84. The number of amides is 5. The van der Waals surface area contributed by atoms with E-state index < -0.39 is 48.1 Å². The van der Waals surface area contributed by atoms with Crippen molar-refractivity contribution in [3.63, 3.8) is 0 Å². The Morgan fingerprint density at radius 1 is 1.13 bits per heavy atom. The van der Waals surface area contributed by atoms with Crippen molar-refractivity contribution < 1.29 is 38.2 Å². The van der Waals surface area contributed by atoms with Crippen LogP contribution in [0.15, 0.2) is 24.3 Å². The summed E-state index contributed by atoms with van der Waals surface area (Å²) in [5.74, 6) is -2.82. The highest BCUT2D eigenvalue weighted by Crippen LogP contribution is 2.26. The van der Waals surface area contributed by atoms with E-state index in [1.807, 2.05) is 0 Å². The minimum Gasteiger partial charge on any atom is -0.433 e. The molecule has 5 amide bonds. The monoisotopic (exact) mass is 529 g/mol. The van der Waals surface area contributed by atoms with Crippen molar-refractivity contribution in [3.05, 3.63) is 29.8 Å². The van der Waals surface area contributed by atoms with Crippen LogP contribution in [-0.2, 0) is 33.4 Å². The molecule has 3 aliphatic rings. The topological polar surface area (TPSA) is 163 Å². The molecule has 0 spiro atoms. The molecule has 0 saturated carbocycles. The van der Waals surface area contributed by atoms with Crippen LogP contribution in [0.4, 0.5) is 5.69 Å². The number of nitrogens with one attached hydrogen (secondary N) is 3. The number of fused-ring (bicyclic) bond motifs is 1. The van der Waals surface area contributed by atoms with E-state index in [4.69, 9.17) is 9.47 Å². The Kier molecular flexibility index (Phi) is 8.25. The summed E-state index contributed by atoms with van der Waals surface area (Å²) in [4.78, 5) is 76.0. The third-order valence-corrected chi connectivity index (χ3v) is 6.54. The number of hydrogen-bond donors (Lipinski definition) is 3. The van der Waals surface area contributed by atoms with Crippen LogP contribution in [-0.4, -0.2) is 83.1 Å². The van der Waals surface area contributed by atoms with E-state index >= 15 is 0 Å². The highest BCUT2D eigenvalue weighted by atomic mass is 16.7. The SMILES string of the molecule is CCO[C@@H]1OC(=O)C[C@@H]1NC(=O)[C@@H]1CCCN2C(=O)CC[C@H](NC(=O)c3cccc(NC(C)=O)c3)C(=O)N12. The lowest BCUT2D eigenvalue weighted by atomic mass is 10.0. The molecular weight excluding hydrogens is 498 g/mol. The molecule has 204 valence electrons. The van der Waals surface area contributed by atoms with E-state index in [0.29, 0.717) is 18.5 Å².